The maximum Gasteiger partial charge on any atom is 0.273 e. The molecule has 4 rings (SSSR count). The molecule has 0 spiro atoms. The summed E-state index contributed by atoms with van der Waals surface area (Å²) in [5, 5.41) is 18.5. The van der Waals surface area contributed by atoms with Gasteiger partial charge in [0.15, 0.2) is 0 Å². The second-order valence-corrected chi connectivity index (χ2v) is 8.56. The summed E-state index contributed by atoms with van der Waals surface area (Å²) in [6, 6.07) is 10.9. The number of benzene rings is 2. The number of nitrogens with zero attached hydrogens (tertiary/aromatic N) is 2. The highest BCUT2D eigenvalue weighted by Crippen LogP contribution is 2.45. The third-order valence-corrected chi connectivity index (χ3v) is 6.21. The first-order chi connectivity index (χ1) is 15.5. The van der Waals surface area contributed by atoms with Gasteiger partial charge in [0.2, 0.25) is 0 Å². The Bertz CT molecular complexity index is 1140. The van der Waals surface area contributed by atoms with E-state index >= 15 is 0 Å². The minimum absolute atomic E-state index is 0.0815. The summed E-state index contributed by atoms with van der Waals surface area (Å²) in [5.41, 5.74) is 3.96. The van der Waals surface area contributed by atoms with Crippen LogP contribution in [-0.4, -0.2) is 39.3 Å². The molecule has 0 saturated heterocycles. The van der Waals surface area contributed by atoms with Gasteiger partial charge in [-0.05, 0) is 55.2 Å². The molecule has 7 heteroatoms. The number of aromatic nitrogens is 2. The van der Waals surface area contributed by atoms with Crippen LogP contribution in [0.1, 0.15) is 66.3 Å². The maximum atomic E-state index is 13.3. The fraction of sp³-hybridized carbons (Fsp3) is 0.360. The molecule has 6 nitrogen and oxygen atoms in total. The van der Waals surface area contributed by atoms with E-state index in [1.807, 2.05) is 43.0 Å². The number of fused-ring (bicyclic) bond motifs is 1. The minimum Gasteiger partial charge on any atom is -0.507 e. The molecular formula is C25H28ClN3O3. The Balaban J connectivity index is 1.82. The highest BCUT2D eigenvalue weighted by atomic mass is 35.5. The van der Waals surface area contributed by atoms with Crippen LogP contribution >= 0.6 is 11.6 Å². The molecule has 2 aromatic carbocycles. The summed E-state index contributed by atoms with van der Waals surface area (Å²) in [6.07, 6.45) is 2.87. The van der Waals surface area contributed by atoms with Gasteiger partial charge in [0.25, 0.3) is 5.91 Å². The van der Waals surface area contributed by atoms with Crippen molar-refractivity contribution in [3.8, 4) is 22.8 Å². The topological polar surface area (TPSA) is 78.5 Å². The summed E-state index contributed by atoms with van der Waals surface area (Å²) in [5.74, 6) is 0.762. The predicted octanol–water partition coefficient (Wildman–Crippen LogP) is 5.88. The zero-order chi connectivity index (χ0) is 22.8. The van der Waals surface area contributed by atoms with E-state index in [1.54, 1.807) is 12.1 Å². The Morgan fingerprint density at radius 1 is 1.22 bits per heavy atom. The first kappa shape index (κ1) is 22.2. The number of amides is 1. The van der Waals surface area contributed by atoms with Crippen LogP contribution in [0, 0.1) is 6.92 Å². The van der Waals surface area contributed by atoms with Crippen LogP contribution in [0.2, 0.25) is 5.02 Å². The molecule has 0 saturated carbocycles. The van der Waals surface area contributed by atoms with Gasteiger partial charge < -0.3 is 14.7 Å². The molecule has 1 amide bonds. The Kier molecular flexibility index (Phi) is 6.42. The van der Waals surface area contributed by atoms with Crippen LogP contribution in [0.25, 0.3) is 11.3 Å². The minimum atomic E-state index is -0.333. The number of hydrogen-bond acceptors (Lipinski definition) is 4. The lowest BCUT2D eigenvalue weighted by molar-refractivity contribution is 0.0743. The van der Waals surface area contributed by atoms with E-state index < -0.39 is 0 Å². The SMILES string of the molecule is CCCCOc1cccc(C2c3c(-c4cc(Cl)c(C)cc4O)n[nH]c3C(=O)N2CCC)c1. The number of nitrogens with one attached hydrogen (secondary N) is 1. The molecule has 1 unspecified atom stereocenters. The summed E-state index contributed by atoms with van der Waals surface area (Å²) in [6.45, 7) is 7.26. The van der Waals surface area contributed by atoms with Crippen LogP contribution in [0.15, 0.2) is 36.4 Å². The molecular weight excluding hydrogens is 426 g/mol. The second kappa shape index (κ2) is 9.25. The normalized spacial score (nSPS) is 15.3. The van der Waals surface area contributed by atoms with Gasteiger partial charge >= 0.3 is 0 Å². The van der Waals surface area contributed by atoms with Gasteiger partial charge in [-0.2, -0.15) is 5.10 Å². The number of hydrogen-bond donors (Lipinski definition) is 2. The Labute approximate surface area is 193 Å². The van der Waals surface area contributed by atoms with Crippen molar-refractivity contribution in [3.05, 3.63) is 63.8 Å². The molecule has 3 aromatic rings. The van der Waals surface area contributed by atoms with Gasteiger partial charge in [0, 0.05) is 22.7 Å². The molecule has 2 heterocycles. The van der Waals surface area contributed by atoms with E-state index in [4.69, 9.17) is 16.3 Å². The quantitative estimate of drug-likeness (QED) is 0.417. The lowest BCUT2D eigenvalue weighted by atomic mass is 9.95. The Morgan fingerprint density at radius 2 is 2.03 bits per heavy atom. The van der Waals surface area contributed by atoms with Gasteiger partial charge in [0.05, 0.1) is 12.6 Å². The van der Waals surface area contributed by atoms with Crippen LogP contribution < -0.4 is 4.74 Å². The van der Waals surface area contributed by atoms with Gasteiger partial charge in [-0.1, -0.05) is 44.0 Å². The van der Waals surface area contributed by atoms with Gasteiger partial charge in [-0.25, -0.2) is 0 Å². The van der Waals surface area contributed by atoms with Gasteiger partial charge in [-0.15, -0.1) is 0 Å². The average Bonchev–Trinajstić information content (AvgIpc) is 3.31. The highest BCUT2D eigenvalue weighted by Gasteiger charge is 2.42. The molecule has 1 aliphatic heterocycles. The lowest BCUT2D eigenvalue weighted by Crippen LogP contribution is -2.30. The number of unbranched alkanes of at least 4 members (excludes halogenated alkanes) is 1. The lowest BCUT2D eigenvalue weighted by Gasteiger charge is -2.26. The number of aryl methyl sites for hydroxylation is 1. The smallest absolute Gasteiger partial charge is 0.273 e. The number of carbonyl (C=O) groups is 1. The summed E-state index contributed by atoms with van der Waals surface area (Å²) in [4.78, 5) is 15.1. The molecule has 1 atom stereocenters. The number of phenolic OH excluding ortho intramolecular Hbond substituents is 1. The van der Waals surface area contributed by atoms with Gasteiger partial charge in [-0.3, -0.25) is 9.89 Å². The van der Waals surface area contributed by atoms with Crippen molar-refractivity contribution in [3.63, 3.8) is 0 Å². The van der Waals surface area contributed by atoms with Crippen LogP contribution in [0.5, 0.6) is 11.5 Å². The van der Waals surface area contributed by atoms with E-state index in [0.29, 0.717) is 35.1 Å². The maximum absolute atomic E-state index is 13.3. The molecule has 168 valence electrons. The van der Waals surface area contributed by atoms with E-state index in [9.17, 15) is 9.90 Å². The monoisotopic (exact) mass is 453 g/mol. The van der Waals surface area contributed by atoms with Crippen LogP contribution in [0.3, 0.4) is 0 Å². The van der Waals surface area contributed by atoms with Crippen LogP contribution in [0.4, 0.5) is 0 Å². The van der Waals surface area contributed by atoms with Crippen molar-refractivity contribution < 1.29 is 14.6 Å². The molecule has 1 aliphatic rings. The van der Waals surface area contributed by atoms with E-state index in [0.717, 1.165) is 41.7 Å². The van der Waals surface area contributed by atoms with Crippen molar-refractivity contribution in [2.75, 3.05) is 13.2 Å². The number of H-pyrrole nitrogens is 1. The molecule has 32 heavy (non-hydrogen) atoms. The zero-order valence-corrected chi connectivity index (χ0v) is 19.4. The number of rotatable bonds is 8. The van der Waals surface area contributed by atoms with Crippen molar-refractivity contribution in [1.82, 2.24) is 15.1 Å². The predicted molar refractivity (Wildman–Crippen MR) is 125 cm³/mol. The highest BCUT2D eigenvalue weighted by molar-refractivity contribution is 6.31. The van der Waals surface area contributed by atoms with Crippen molar-refractivity contribution in [2.45, 2.75) is 46.1 Å². The van der Waals surface area contributed by atoms with Crippen LogP contribution in [-0.2, 0) is 0 Å². The van der Waals surface area contributed by atoms with Crippen molar-refractivity contribution in [2.24, 2.45) is 0 Å². The second-order valence-electron chi connectivity index (χ2n) is 8.16. The molecule has 1 aromatic heterocycles. The number of ether oxygens (including phenoxy) is 1. The molecule has 0 fully saturated rings. The Morgan fingerprint density at radius 3 is 2.78 bits per heavy atom. The zero-order valence-electron chi connectivity index (χ0n) is 18.6. The van der Waals surface area contributed by atoms with Gasteiger partial charge in [0.1, 0.15) is 22.9 Å². The van der Waals surface area contributed by atoms with E-state index in [2.05, 4.69) is 17.1 Å². The molecule has 0 radical (unpaired) electrons. The van der Waals surface area contributed by atoms with Crippen molar-refractivity contribution in [1.29, 1.82) is 0 Å². The Hall–Kier alpha value is -2.99. The largest absolute Gasteiger partial charge is 0.507 e. The third-order valence-electron chi connectivity index (χ3n) is 5.80. The number of aromatic amines is 1. The fourth-order valence-corrected chi connectivity index (χ4v) is 4.35. The summed E-state index contributed by atoms with van der Waals surface area (Å²) >= 11 is 6.35. The first-order valence-corrected chi connectivity index (χ1v) is 11.5. The molecule has 2 N–H and O–H groups in total. The fourth-order valence-electron chi connectivity index (χ4n) is 4.18. The number of aromatic hydroxyl groups is 1. The average molecular weight is 454 g/mol. The van der Waals surface area contributed by atoms with E-state index in [1.165, 1.54) is 0 Å². The summed E-state index contributed by atoms with van der Waals surface area (Å²) < 4.78 is 5.92. The number of halogens is 1. The number of phenols is 1. The molecule has 0 bridgehead atoms. The summed E-state index contributed by atoms with van der Waals surface area (Å²) in [7, 11) is 0. The third kappa shape index (κ3) is 3.95. The first-order valence-electron chi connectivity index (χ1n) is 11.1. The standard InChI is InChI=1S/C25H28ClN3O3/c1-4-6-11-32-17-9-7-8-16(13-17)24-21-22(18-14-19(26)15(3)12-20(18)30)27-28-23(21)25(31)29(24)10-5-2/h7-9,12-14,24,30H,4-6,10-11H2,1-3H3,(H,27,28). The molecule has 0 aliphatic carbocycles. The number of carbonyl (C=O) groups excluding carboxylic acids is 1. The van der Waals surface area contributed by atoms with Crippen molar-refractivity contribution >= 4 is 17.5 Å². The van der Waals surface area contributed by atoms with E-state index in [-0.39, 0.29) is 17.7 Å².